The van der Waals surface area contributed by atoms with Crippen LogP contribution in [0.15, 0.2) is 24.3 Å². The molecule has 0 spiro atoms. The summed E-state index contributed by atoms with van der Waals surface area (Å²) in [5.74, 6) is -0.749. The zero-order chi connectivity index (χ0) is 16.9. The van der Waals surface area contributed by atoms with Crippen LogP contribution in [0.1, 0.15) is 29.6 Å². The molecule has 1 aromatic rings. The highest BCUT2D eigenvalue weighted by molar-refractivity contribution is 7.89. The number of nitrogens with zero attached hydrogens (tertiary/aromatic N) is 1. The van der Waals surface area contributed by atoms with Gasteiger partial charge in [-0.3, -0.25) is 4.79 Å². The molecule has 2 rings (SSSR count). The second-order valence-corrected chi connectivity index (χ2v) is 7.35. The van der Waals surface area contributed by atoms with E-state index in [0.717, 1.165) is 6.42 Å². The van der Waals surface area contributed by atoms with E-state index in [-0.39, 0.29) is 30.2 Å². The summed E-state index contributed by atoms with van der Waals surface area (Å²) in [5.41, 5.74) is 0.611. The molecule has 1 fully saturated rings. The molecule has 0 atom stereocenters. The zero-order valence-corrected chi connectivity index (χ0v) is 13.8. The molecule has 1 N–H and O–H groups in total. The fourth-order valence-electron chi connectivity index (χ4n) is 2.41. The molecule has 0 radical (unpaired) electrons. The zero-order valence-electron chi connectivity index (χ0n) is 12.9. The van der Waals surface area contributed by atoms with Gasteiger partial charge in [0.25, 0.3) is 0 Å². The lowest BCUT2D eigenvalue weighted by Gasteiger charge is -2.25. The topological polar surface area (TPSA) is 92.8 Å². The Hall–Kier alpha value is -1.93. The Bertz CT molecular complexity index is 687. The summed E-state index contributed by atoms with van der Waals surface area (Å²) in [6.45, 7) is 0.600. The van der Waals surface area contributed by atoms with Gasteiger partial charge < -0.3 is 10.1 Å². The standard InChI is InChI=1S/C15H20N2O5S/c1-22-15(19)12-6-2-3-7-13(12)16-14(18)8-10-17-9-4-5-11-23(17,20)21/h2-3,6-7H,4-5,8-11H2,1H3,(H,16,18). The van der Waals surface area contributed by atoms with Gasteiger partial charge in [0.1, 0.15) is 0 Å². The summed E-state index contributed by atoms with van der Waals surface area (Å²) in [6.07, 6.45) is 1.51. The quantitative estimate of drug-likeness (QED) is 0.814. The number of para-hydroxylation sites is 1. The van der Waals surface area contributed by atoms with E-state index in [9.17, 15) is 18.0 Å². The Labute approximate surface area is 135 Å². The van der Waals surface area contributed by atoms with Gasteiger partial charge in [-0.15, -0.1) is 0 Å². The van der Waals surface area contributed by atoms with Crippen molar-refractivity contribution >= 4 is 27.6 Å². The number of anilines is 1. The number of carbonyl (C=O) groups excluding carboxylic acids is 2. The van der Waals surface area contributed by atoms with Crippen molar-refractivity contribution in [2.75, 3.05) is 31.3 Å². The minimum Gasteiger partial charge on any atom is -0.465 e. The summed E-state index contributed by atoms with van der Waals surface area (Å²) in [6, 6.07) is 6.51. The third-order valence-electron chi connectivity index (χ3n) is 3.65. The van der Waals surface area contributed by atoms with Crippen LogP contribution in [0.3, 0.4) is 0 Å². The molecule has 8 heteroatoms. The Kier molecular flexibility index (Phi) is 5.73. The fourth-order valence-corrected chi connectivity index (χ4v) is 4.01. The average Bonchev–Trinajstić information content (AvgIpc) is 2.53. The van der Waals surface area contributed by atoms with Gasteiger partial charge in [-0.1, -0.05) is 12.1 Å². The third kappa shape index (κ3) is 4.52. The minimum absolute atomic E-state index is 0.0364. The first-order valence-corrected chi connectivity index (χ1v) is 9.00. The van der Waals surface area contributed by atoms with Gasteiger partial charge in [-0.25, -0.2) is 17.5 Å². The van der Waals surface area contributed by atoms with E-state index in [1.165, 1.54) is 11.4 Å². The van der Waals surface area contributed by atoms with Gasteiger partial charge in [0.2, 0.25) is 15.9 Å². The Morgan fingerprint density at radius 3 is 2.70 bits per heavy atom. The van der Waals surface area contributed by atoms with Crippen LogP contribution < -0.4 is 5.32 Å². The lowest BCUT2D eigenvalue weighted by molar-refractivity contribution is -0.116. The largest absolute Gasteiger partial charge is 0.465 e. The molecular formula is C15H20N2O5S. The van der Waals surface area contributed by atoms with Crippen LogP contribution in [0.4, 0.5) is 5.69 Å². The maximum absolute atomic E-state index is 12.0. The van der Waals surface area contributed by atoms with Gasteiger partial charge in [0, 0.05) is 19.5 Å². The van der Waals surface area contributed by atoms with Crippen molar-refractivity contribution in [3.8, 4) is 0 Å². The summed E-state index contributed by atoms with van der Waals surface area (Å²) >= 11 is 0. The molecule has 0 aliphatic carbocycles. The van der Waals surface area contributed by atoms with Gasteiger partial charge in [0.05, 0.1) is 24.1 Å². The highest BCUT2D eigenvalue weighted by Gasteiger charge is 2.26. The second kappa shape index (κ2) is 7.56. The Balaban J connectivity index is 1.97. The van der Waals surface area contributed by atoms with Crippen molar-refractivity contribution in [1.82, 2.24) is 4.31 Å². The SMILES string of the molecule is COC(=O)c1ccccc1NC(=O)CCN1CCCCS1(=O)=O. The van der Waals surface area contributed by atoms with Gasteiger partial charge in [-0.05, 0) is 25.0 Å². The summed E-state index contributed by atoms with van der Waals surface area (Å²) in [5, 5.41) is 2.63. The average molecular weight is 340 g/mol. The number of nitrogens with one attached hydrogen (secondary N) is 1. The number of sulfonamides is 1. The maximum atomic E-state index is 12.0. The second-order valence-electron chi connectivity index (χ2n) is 5.26. The maximum Gasteiger partial charge on any atom is 0.339 e. The molecule has 23 heavy (non-hydrogen) atoms. The molecule has 1 heterocycles. The van der Waals surface area contributed by atoms with E-state index < -0.39 is 16.0 Å². The first-order chi connectivity index (χ1) is 10.9. The van der Waals surface area contributed by atoms with Crippen LogP contribution in [-0.4, -0.2) is 50.6 Å². The van der Waals surface area contributed by atoms with E-state index in [1.807, 2.05) is 0 Å². The molecule has 0 bridgehead atoms. The monoisotopic (exact) mass is 340 g/mol. The van der Waals surface area contributed by atoms with Gasteiger partial charge >= 0.3 is 5.97 Å². The third-order valence-corrected chi connectivity index (χ3v) is 5.60. The van der Waals surface area contributed by atoms with Crippen LogP contribution in [0.5, 0.6) is 0 Å². The molecule has 0 aromatic heterocycles. The molecular weight excluding hydrogens is 320 g/mol. The first kappa shape index (κ1) is 17.4. The number of hydrogen-bond acceptors (Lipinski definition) is 5. The Morgan fingerprint density at radius 2 is 2.00 bits per heavy atom. The number of hydrogen-bond donors (Lipinski definition) is 1. The smallest absolute Gasteiger partial charge is 0.339 e. The lowest BCUT2D eigenvalue weighted by atomic mass is 10.1. The van der Waals surface area contributed by atoms with Crippen molar-refractivity contribution < 1.29 is 22.7 Å². The minimum atomic E-state index is -3.24. The van der Waals surface area contributed by atoms with Crippen LogP contribution in [0.25, 0.3) is 0 Å². The number of amides is 1. The molecule has 0 saturated carbocycles. The lowest BCUT2D eigenvalue weighted by Crippen LogP contribution is -2.39. The van der Waals surface area contributed by atoms with Crippen molar-refractivity contribution in [3.05, 3.63) is 29.8 Å². The number of benzene rings is 1. The van der Waals surface area contributed by atoms with E-state index in [2.05, 4.69) is 10.1 Å². The van der Waals surface area contributed by atoms with E-state index in [0.29, 0.717) is 18.7 Å². The highest BCUT2D eigenvalue weighted by atomic mass is 32.2. The number of carbonyl (C=O) groups is 2. The normalized spacial score (nSPS) is 17.4. The predicted molar refractivity (Wildman–Crippen MR) is 85.6 cm³/mol. The van der Waals surface area contributed by atoms with Crippen molar-refractivity contribution in [2.24, 2.45) is 0 Å². The van der Waals surface area contributed by atoms with Gasteiger partial charge in [-0.2, -0.15) is 0 Å². The number of ether oxygens (including phenoxy) is 1. The van der Waals surface area contributed by atoms with Gasteiger partial charge in [0.15, 0.2) is 0 Å². The van der Waals surface area contributed by atoms with Crippen LogP contribution in [-0.2, 0) is 19.6 Å². The van der Waals surface area contributed by atoms with Crippen molar-refractivity contribution in [3.63, 3.8) is 0 Å². The molecule has 1 aromatic carbocycles. The van der Waals surface area contributed by atoms with Crippen LogP contribution >= 0.6 is 0 Å². The number of methoxy groups -OCH3 is 1. The van der Waals surface area contributed by atoms with E-state index in [1.54, 1.807) is 24.3 Å². The summed E-state index contributed by atoms with van der Waals surface area (Å²) < 4.78 is 29.7. The van der Waals surface area contributed by atoms with Crippen LogP contribution in [0, 0.1) is 0 Å². The molecule has 1 aliphatic heterocycles. The van der Waals surface area contributed by atoms with E-state index in [4.69, 9.17) is 0 Å². The fraction of sp³-hybridized carbons (Fsp3) is 0.467. The molecule has 126 valence electrons. The summed E-state index contributed by atoms with van der Waals surface area (Å²) in [4.78, 5) is 23.7. The molecule has 1 saturated heterocycles. The Morgan fingerprint density at radius 1 is 1.26 bits per heavy atom. The number of rotatable bonds is 5. The molecule has 1 amide bonds. The number of esters is 1. The predicted octanol–water partition coefficient (Wildman–Crippen LogP) is 1.23. The summed E-state index contributed by atoms with van der Waals surface area (Å²) in [7, 11) is -1.97. The van der Waals surface area contributed by atoms with Crippen molar-refractivity contribution in [1.29, 1.82) is 0 Å². The molecule has 0 unspecified atom stereocenters. The van der Waals surface area contributed by atoms with Crippen molar-refractivity contribution in [2.45, 2.75) is 19.3 Å². The van der Waals surface area contributed by atoms with E-state index >= 15 is 0 Å². The first-order valence-electron chi connectivity index (χ1n) is 7.39. The van der Waals surface area contributed by atoms with Crippen LogP contribution in [0.2, 0.25) is 0 Å². The molecule has 7 nitrogen and oxygen atoms in total. The molecule has 1 aliphatic rings. The highest BCUT2D eigenvalue weighted by Crippen LogP contribution is 2.17.